The molecular weight excluding hydrogens is 350 g/mol. The summed E-state index contributed by atoms with van der Waals surface area (Å²) < 4.78 is 26.7. The van der Waals surface area contributed by atoms with E-state index in [4.69, 9.17) is 0 Å². The number of sulfonamides is 1. The van der Waals surface area contributed by atoms with Crippen LogP contribution in [-0.2, 0) is 14.8 Å². The van der Waals surface area contributed by atoms with Crippen LogP contribution >= 0.6 is 0 Å². The van der Waals surface area contributed by atoms with Crippen LogP contribution in [0.2, 0.25) is 0 Å². The molecule has 1 fully saturated rings. The van der Waals surface area contributed by atoms with Crippen molar-refractivity contribution in [2.24, 2.45) is 0 Å². The Bertz CT molecular complexity index is 818. The van der Waals surface area contributed by atoms with Crippen LogP contribution in [0.5, 0.6) is 0 Å². The highest BCUT2D eigenvalue weighted by atomic mass is 32.2. The standard InChI is InChI=1S/C19H23N3O3S/c23-19(20-17-7-3-1-4-8-17)11-12-21-13-15-22(16-14-21)26(24,25)18-9-5-2-6-10-18/h1-10H,11-16H2,(H,20,23). The fourth-order valence-electron chi connectivity index (χ4n) is 2.94. The van der Waals surface area contributed by atoms with Crippen molar-refractivity contribution >= 4 is 21.6 Å². The van der Waals surface area contributed by atoms with Crippen molar-refractivity contribution in [1.29, 1.82) is 0 Å². The molecule has 0 bridgehead atoms. The Kier molecular flexibility index (Phi) is 6.03. The average molecular weight is 373 g/mol. The number of piperazine rings is 1. The number of carbonyl (C=O) groups excluding carboxylic acids is 1. The first-order valence-corrected chi connectivity index (χ1v) is 10.1. The van der Waals surface area contributed by atoms with Gasteiger partial charge in [0.05, 0.1) is 4.90 Å². The minimum absolute atomic E-state index is 0.0319. The first-order chi connectivity index (χ1) is 12.6. The Hall–Kier alpha value is -2.22. The number of anilines is 1. The molecule has 0 aromatic heterocycles. The van der Waals surface area contributed by atoms with Gasteiger partial charge in [0.1, 0.15) is 0 Å². The topological polar surface area (TPSA) is 69.7 Å². The van der Waals surface area contributed by atoms with Crippen LogP contribution in [0.1, 0.15) is 6.42 Å². The van der Waals surface area contributed by atoms with Gasteiger partial charge in [-0.25, -0.2) is 8.42 Å². The van der Waals surface area contributed by atoms with Gasteiger partial charge in [-0.3, -0.25) is 4.79 Å². The highest BCUT2D eigenvalue weighted by Crippen LogP contribution is 2.17. The number of hydrogen-bond donors (Lipinski definition) is 1. The van der Waals surface area contributed by atoms with Gasteiger partial charge in [-0.15, -0.1) is 0 Å². The first-order valence-electron chi connectivity index (χ1n) is 8.68. The fourth-order valence-corrected chi connectivity index (χ4v) is 4.38. The lowest BCUT2D eigenvalue weighted by molar-refractivity contribution is -0.116. The second kappa shape index (κ2) is 8.44. The van der Waals surface area contributed by atoms with Crippen molar-refractivity contribution in [2.75, 3.05) is 38.0 Å². The van der Waals surface area contributed by atoms with Crippen LogP contribution in [0.25, 0.3) is 0 Å². The number of para-hydroxylation sites is 1. The summed E-state index contributed by atoms with van der Waals surface area (Å²) in [7, 11) is -3.43. The number of nitrogens with one attached hydrogen (secondary N) is 1. The third-order valence-electron chi connectivity index (χ3n) is 4.42. The normalized spacial score (nSPS) is 16.3. The maximum atomic E-state index is 12.6. The van der Waals surface area contributed by atoms with Crippen LogP contribution in [0, 0.1) is 0 Å². The van der Waals surface area contributed by atoms with Crippen LogP contribution in [0.4, 0.5) is 5.69 Å². The predicted molar refractivity (Wildman–Crippen MR) is 101 cm³/mol. The number of amides is 1. The maximum absolute atomic E-state index is 12.6. The highest BCUT2D eigenvalue weighted by Gasteiger charge is 2.28. The van der Waals surface area contributed by atoms with Gasteiger partial charge in [0.2, 0.25) is 15.9 Å². The molecule has 138 valence electrons. The summed E-state index contributed by atoms with van der Waals surface area (Å²) in [6, 6.07) is 17.9. The fraction of sp³-hybridized carbons (Fsp3) is 0.316. The number of nitrogens with zero attached hydrogens (tertiary/aromatic N) is 2. The molecule has 0 spiro atoms. The van der Waals surface area contributed by atoms with E-state index in [1.807, 2.05) is 30.3 Å². The largest absolute Gasteiger partial charge is 0.326 e. The van der Waals surface area contributed by atoms with E-state index in [0.29, 0.717) is 44.0 Å². The lowest BCUT2D eigenvalue weighted by Crippen LogP contribution is -2.49. The number of carbonyl (C=O) groups is 1. The number of rotatable bonds is 6. The molecule has 7 heteroatoms. The molecule has 1 amide bonds. The van der Waals surface area contributed by atoms with E-state index in [1.54, 1.807) is 30.3 Å². The van der Waals surface area contributed by atoms with Crippen LogP contribution in [0.3, 0.4) is 0 Å². The third kappa shape index (κ3) is 4.69. The summed E-state index contributed by atoms with van der Waals surface area (Å²) in [5.41, 5.74) is 0.788. The molecule has 0 radical (unpaired) electrons. The minimum atomic E-state index is -3.43. The van der Waals surface area contributed by atoms with Gasteiger partial charge in [0, 0.05) is 44.8 Å². The third-order valence-corrected chi connectivity index (χ3v) is 6.34. The summed E-state index contributed by atoms with van der Waals surface area (Å²) in [5.74, 6) is -0.0319. The smallest absolute Gasteiger partial charge is 0.243 e. The molecule has 1 aliphatic heterocycles. The molecule has 1 heterocycles. The molecule has 6 nitrogen and oxygen atoms in total. The molecule has 2 aromatic carbocycles. The van der Waals surface area contributed by atoms with Crippen molar-refractivity contribution in [3.8, 4) is 0 Å². The summed E-state index contributed by atoms with van der Waals surface area (Å²) in [6.07, 6.45) is 0.389. The molecule has 1 N–H and O–H groups in total. The van der Waals surface area contributed by atoms with Gasteiger partial charge in [-0.1, -0.05) is 36.4 Å². The number of hydrogen-bond acceptors (Lipinski definition) is 4. The van der Waals surface area contributed by atoms with E-state index in [1.165, 1.54) is 4.31 Å². The molecule has 0 saturated carbocycles. The van der Waals surface area contributed by atoms with Crippen LogP contribution in [0.15, 0.2) is 65.6 Å². The molecule has 0 unspecified atom stereocenters. The van der Waals surface area contributed by atoms with Gasteiger partial charge in [-0.05, 0) is 24.3 Å². The van der Waals surface area contributed by atoms with Gasteiger partial charge >= 0.3 is 0 Å². The SMILES string of the molecule is O=C(CCN1CCN(S(=O)(=O)c2ccccc2)CC1)Nc1ccccc1. The quantitative estimate of drug-likeness (QED) is 0.841. The van der Waals surface area contributed by atoms with Gasteiger partial charge in [0.25, 0.3) is 0 Å². The lowest BCUT2D eigenvalue weighted by Gasteiger charge is -2.33. The van der Waals surface area contributed by atoms with E-state index >= 15 is 0 Å². The monoisotopic (exact) mass is 373 g/mol. The van der Waals surface area contributed by atoms with Gasteiger partial charge in [-0.2, -0.15) is 4.31 Å². The Labute approximate surface area is 154 Å². The Balaban J connectivity index is 1.46. The average Bonchev–Trinajstić information content (AvgIpc) is 2.68. The summed E-state index contributed by atoms with van der Waals surface area (Å²) in [5, 5.41) is 2.86. The summed E-state index contributed by atoms with van der Waals surface area (Å²) in [4.78, 5) is 14.5. The van der Waals surface area contributed by atoms with E-state index in [0.717, 1.165) is 5.69 Å². The zero-order valence-corrected chi connectivity index (χ0v) is 15.4. The van der Waals surface area contributed by atoms with Crippen molar-refractivity contribution in [3.05, 3.63) is 60.7 Å². The summed E-state index contributed by atoms with van der Waals surface area (Å²) in [6.45, 7) is 2.77. The number of benzene rings is 2. The van der Waals surface area contributed by atoms with E-state index in [-0.39, 0.29) is 5.91 Å². The second-order valence-corrected chi connectivity index (χ2v) is 8.16. The predicted octanol–water partition coefficient (Wildman–Crippen LogP) is 2.02. The van der Waals surface area contributed by atoms with Crippen molar-refractivity contribution < 1.29 is 13.2 Å². The molecule has 0 atom stereocenters. The van der Waals surface area contributed by atoms with E-state index < -0.39 is 10.0 Å². The molecule has 26 heavy (non-hydrogen) atoms. The Morgan fingerprint density at radius 3 is 2.08 bits per heavy atom. The maximum Gasteiger partial charge on any atom is 0.243 e. The van der Waals surface area contributed by atoms with E-state index in [2.05, 4.69) is 10.2 Å². The zero-order chi connectivity index (χ0) is 18.4. The molecule has 1 aliphatic rings. The van der Waals surface area contributed by atoms with Crippen molar-refractivity contribution in [3.63, 3.8) is 0 Å². The second-order valence-electron chi connectivity index (χ2n) is 6.22. The zero-order valence-electron chi connectivity index (χ0n) is 14.5. The van der Waals surface area contributed by atoms with Crippen molar-refractivity contribution in [1.82, 2.24) is 9.21 Å². The van der Waals surface area contributed by atoms with Gasteiger partial charge in [0.15, 0.2) is 0 Å². The van der Waals surface area contributed by atoms with Crippen LogP contribution < -0.4 is 5.32 Å². The summed E-state index contributed by atoms with van der Waals surface area (Å²) >= 11 is 0. The molecular formula is C19H23N3O3S. The molecule has 1 saturated heterocycles. The van der Waals surface area contributed by atoms with E-state index in [9.17, 15) is 13.2 Å². The Morgan fingerprint density at radius 2 is 1.46 bits per heavy atom. The molecule has 3 rings (SSSR count). The minimum Gasteiger partial charge on any atom is -0.326 e. The lowest BCUT2D eigenvalue weighted by atomic mass is 10.3. The molecule has 0 aliphatic carbocycles. The Morgan fingerprint density at radius 1 is 0.885 bits per heavy atom. The van der Waals surface area contributed by atoms with Crippen LogP contribution in [-0.4, -0.2) is 56.3 Å². The first kappa shape index (κ1) is 18.6. The molecule has 2 aromatic rings. The van der Waals surface area contributed by atoms with Crippen molar-refractivity contribution in [2.45, 2.75) is 11.3 Å². The highest BCUT2D eigenvalue weighted by molar-refractivity contribution is 7.89. The van der Waals surface area contributed by atoms with Gasteiger partial charge < -0.3 is 10.2 Å².